The fraction of sp³-hybridized carbons (Fsp3) is 0.263. The number of fused-ring (bicyclic) bond motifs is 1. The van der Waals surface area contributed by atoms with Gasteiger partial charge in [-0.3, -0.25) is 4.79 Å². The highest BCUT2D eigenvalue weighted by Gasteiger charge is 2.16. The average molecular weight is 324 g/mol. The summed E-state index contributed by atoms with van der Waals surface area (Å²) in [6, 6.07) is 14.6. The summed E-state index contributed by atoms with van der Waals surface area (Å²) in [7, 11) is 0. The summed E-state index contributed by atoms with van der Waals surface area (Å²) in [6.45, 7) is 4.08. The van der Waals surface area contributed by atoms with Crippen molar-refractivity contribution in [2.75, 3.05) is 5.32 Å². The largest absolute Gasteiger partial charge is 0.302 e. The van der Waals surface area contributed by atoms with Gasteiger partial charge in [0.25, 0.3) is 0 Å². The second-order valence-electron chi connectivity index (χ2n) is 5.60. The number of hydrogen-bond acceptors (Lipinski definition) is 3. The maximum atomic E-state index is 12.2. The van der Waals surface area contributed by atoms with Crippen molar-refractivity contribution in [2.45, 2.75) is 26.7 Å². The predicted molar refractivity (Wildman–Crippen MR) is 97.8 cm³/mol. The molecule has 0 radical (unpaired) electrons. The Morgan fingerprint density at radius 1 is 1.13 bits per heavy atom. The summed E-state index contributed by atoms with van der Waals surface area (Å²) in [5.74, 6) is 0.123. The van der Waals surface area contributed by atoms with Crippen molar-refractivity contribution < 1.29 is 4.79 Å². The van der Waals surface area contributed by atoms with E-state index in [4.69, 9.17) is 0 Å². The van der Waals surface area contributed by atoms with Gasteiger partial charge in [0.2, 0.25) is 5.91 Å². The highest BCUT2D eigenvalue weighted by atomic mass is 32.1. The molecule has 3 aromatic rings. The van der Waals surface area contributed by atoms with E-state index in [0.29, 0.717) is 5.13 Å². The Balaban J connectivity index is 1.81. The van der Waals surface area contributed by atoms with Crippen molar-refractivity contribution in [3.05, 3.63) is 47.8 Å². The molecule has 1 N–H and O–H groups in total. The van der Waals surface area contributed by atoms with Crippen LogP contribution >= 0.6 is 11.3 Å². The Kier molecular flexibility index (Phi) is 4.72. The molecule has 0 bridgehead atoms. The van der Waals surface area contributed by atoms with Gasteiger partial charge in [0.1, 0.15) is 0 Å². The minimum atomic E-state index is 0.0584. The monoisotopic (exact) mass is 324 g/mol. The fourth-order valence-electron chi connectivity index (χ4n) is 2.68. The molecule has 0 spiro atoms. The Morgan fingerprint density at radius 3 is 2.61 bits per heavy atom. The molecule has 2 aromatic carbocycles. The van der Waals surface area contributed by atoms with Crippen molar-refractivity contribution in [1.29, 1.82) is 0 Å². The van der Waals surface area contributed by atoms with Crippen molar-refractivity contribution in [1.82, 2.24) is 4.98 Å². The molecule has 4 heteroatoms. The van der Waals surface area contributed by atoms with Crippen LogP contribution in [-0.4, -0.2) is 10.9 Å². The van der Waals surface area contributed by atoms with Crippen molar-refractivity contribution in [2.24, 2.45) is 5.92 Å². The van der Waals surface area contributed by atoms with Gasteiger partial charge in [0.15, 0.2) is 5.13 Å². The van der Waals surface area contributed by atoms with Gasteiger partial charge in [-0.05, 0) is 29.7 Å². The third-order valence-corrected chi connectivity index (χ3v) is 4.89. The van der Waals surface area contributed by atoms with Crippen molar-refractivity contribution in [3.8, 4) is 11.3 Å². The molecule has 0 aliphatic rings. The van der Waals surface area contributed by atoms with E-state index in [0.717, 1.165) is 24.1 Å². The first-order chi connectivity index (χ1) is 11.2. The minimum absolute atomic E-state index is 0.0584. The van der Waals surface area contributed by atoms with Crippen LogP contribution in [0.2, 0.25) is 0 Å². The molecule has 0 saturated heterocycles. The summed E-state index contributed by atoms with van der Waals surface area (Å²) >= 11 is 1.47. The number of nitrogens with one attached hydrogen (secondary N) is 1. The zero-order valence-corrected chi connectivity index (χ0v) is 14.2. The van der Waals surface area contributed by atoms with Gasteiger partial charge in [-0.15, -0.1) is 11.3 Å². The van der Waals surface area contributed by atoms with E-state index >= 15 is 0 Å². The topological polar surface area (TPSA) is 42.0 Å². The van der Waals surface area contributed by atoms with Crippen LogP contribution in [0.3, 0.4) is 0 Å². The van der Waals surface area contributed by atoms with Gasteiger partial charge < -0.3 is 5.32 Å². The lowest BCUT2D eigenvalue weighted by Gasteiger charge is -2.10. The average Bonchev–Trinajstić information content (AvgIpc) is 3.04. The molecule has 0 aliphatic heterocycles. The Bertz CT molecular complexity index is 821. The second-order valence-corrected chi connectivity index (χ2v) is 6.46. The normalized spacial score (nSPS) is 11.1. The van der Waals surface area contributed by atoms with Gasteiger partial charge in [-0.25, -0.2) is 4.98 Å². The molecule has 1 aromatic heterocycles. The first kappa shape index (κ1) is 15.7. The lowest BCUT2D eigenvalue weighted by atomic mass is 10.0. The number of rotatable bonds is 5. The lowest BCUT2D eigenvalue weighted by molar-refractivity contribution is -0.120. The number of aromatic nitrogens is 1. The minimum Gasteiger partial charge on any atom is -0.302 e. The standard InChI is InChI=1S/C19H20N2OS/c1-3-13(4-2)18(22)21-19-20-17(12-23-19)16-10-9-14-7-5-6-8-15(14)11-16/h5-13H,3-4H2,1-2H3,(H,20,21,22). The Hall–Kier alpha value is -2.20. The van der Waals surface area contributed by atoms with E-state index in [2.05, 4.69) is 40.6 Å². The third-order valence-electron chi connectivity index (χ3n) is 4.14. The molecule has 3 nitrogen and oxygen atoms in total. The summed E-state index contributed by atoms with van der Waals surface area (Å²) in [5.41, 5.74) is 1.98. The molecular formula is C19H20N2OS. The van der Waals surface area contributed by atoms with Crippen LogP contribution in [0.15, 0.2) is 47.8 Å². The van der Waals surface area contributed by atoms with E-state index in [1.807, 2.05) is 31.4 Å². The van der Waals surface area contributed by atoms with Crippen LogP contribution in [0.4, 0.5) is 5.13 Å². The van der Waals surface area contributed by atoms with Crippen LogP contribution < -0.4 is 5.32 Å². The number of benzene rings is 2. The van der Waals surface area contributed by atoms with Crippen LogP contribution in [0.1, 0.15) is 26.7 Å². The molecule has 0 unspecified atom stereocenters. The summed E-state index contributed by atoms with van der Waals surface area (Å²) in [5, 5.41) is 8.02. The predicted octanol–water partition coefficient (Wildman–Crippen LogP) is 5.34. The first-order valence-electron chi connectivity index (χ1n) is 7.96. The van der Waals surface area contributed by atoms with E-state index < -0.39 is 0 Å². The Labute approximate surface area is 140 Å². The summed E-state index contributed by atoms with van der Waals surface area (Å²) in [4.78, 5) is 16.7. The number of nitrogens with zero attached hydrogens (tertiary/aromatic N) is 1. The number of anilines is 1. The Morgan fingerprint density at radius 2 is 1.87 bits per heavy atom. The fourth-order valence-corrected chi connectivity index (χ4v) is 3.40. The lowest BCUT2D eigenvalue weighted by Crippen LogP contribution is -2.21. The number of carbonyl (C=O) groups is 1. The van der Waals surface area contributed by atoms with E-state index in [1.54, 1.807) is 0 Å². The number of carbonyl (C=O) groups excluding carboxylic acids is 1. The molecule has 1 amide bonds. The van der Waals surface area contributed by atoms with E-state index in [1.165, 1.54) is 22.1 Å². The van der Waals surface area contributed by atoms with Crippen LogP contribution in [0.5, 0.6) is 0 Å². The molecular weight excluding hydrogens is 304 g/mol. The summed E-state index contributed by atoms with van der Waals surface area (Å²) < 4.78 is 0. The maximum absolute atomic E-state index is 12.2. The number of thiazole rings is 1. The van der Waals surface area contributed by atoms with Gasteiger partial charge in [0, 0.05) is 16.9 Å². The first-order valence-corrected chi connectivity index (χ1v) is 8.84. The van der Waals surface area contributed by atoms with Crippen LogP contribution in [0.25, 0.3) is 22.0 Å². The molecule has 0 atom stereocenters. The van der Waals surface area contributed by atoms with Gasteiger partial charge in [0.05, 0.1) is 5.69 Å². The van der Waals surface area contributed by atoms with Crippen LogP contribution in [0, 0.1) is 5.92 Å². The van der Waals surface area contributed by atoms with Crippen molar-refractivity contribution >= 4 is 33.1 Å². The van der Waals surface area contributed by atoms with Gasteiger partial charge in [-0.2, -0.15) is 0 Å². The number of amides is 1. The van der Waals surface area contributed by atoms with E-state index in [9.17, 15) is 4.79 Å². The highest BCUT2D eigenvalue weighted by molar-refractivity contribution is 7.14. The highest BCUT2D eigenvalue weighted by Crippen LogP contribution is 2.28. The molecule has 1 heterocycles. The number of hydrogen-bond donors (Lipinski definition) is 1. The smallest absolute Gasteiger partial charge is 0.229 e. The van der Waals surface area contributed by atoms with Crippen molar-refractivity contribution in [3.63, 3.8) is 0 Å². The third kappa shape index (κ3) is 3.42. The van der Waals surface area contributed by atoms with Gasteiger partial charge >= 0.3 is 0 Å². The molecule has 0 aliphatic carbocycles. The molecule has 0 fully saturated rings. The quantitative estimate of drug-likeness (QED) is 0.688. The van der Waals surface area contributed by atoms with E-state index in [-0.39, 0.29) is 11.8 Å². The molecule has 3 rings (SSSR count). The maximum Gasteiger partial charge on any atom is 0.229 e. The van der Waals surface area contributed by atoms with Gasteiger partial charge in [-0.1, -0.05) is 50.2 Å². The second kappa shape index (κ2) is 6.92. The summed E-state index contributed by atoms with van der Waals surface area (Å²) in [6.07, 6.45) is 1.70. The zero-order chi connectivity index (χ0) is 16.2. The van der Waals surface area contributed by atoms with Crippen LogP contribution in [-0.2, 0) is 4.79 Å². The zero-order valence-electron chi connectivity index (χ0n) is 13.4. The molecule has 23 heavy (non-hydrogen) atoms. The molecule has 118 valence electrons. The SMILES string of the molecule is CCC(CC)C(=O)Nc1nc(-c2ccc3ccccc3c2)cs1. The molecule has 0 saturated carbocycles.